The average molecular weight is 282 g/mol. The summed E-state index contributed by atoms with van der Waals surface area (Å²) in [6, 6.07) is 5.64. The molecule has 2 rings (SSSR count). The molecule has 4 heteroatoms. The molecule has 1 aromatic carbocycles. The van der Waals surface area contributed by atoms with Gasteiger partial charge in [-0.05, 0) is 43.5 Å². The minimum atomic E-state index is 0.211. The van der Waals surface area contributed by atoms with Crippen LogP contribution in [0.25, 0.3) is 0 Å². The summed E-state index contributed by atoms with van der Waals surface area (Å²) in [5.74, 6) is 0.845. The number of benzene rings is 1. The number of ether oxygens (including phenoxy) is 2. The number of hydrogen-bond donors (Lipinski definition) is 1. The van der Waals surface area contributed by atoms with Gasteiger partial charge in [0.05, 0.1) is 25.1 Å². The molecule has 1 aliphatic heterocycles. The van der Waals surface area contributed by atoms with Crippen LogP contribution in [0.4, 0.5) is 5.69 Å². The van der Waals surface area contributed by atoms with Crippen molar-refractivity contribution in [2.45, 2.75) is 32.3 Å². The molecule has 1 atom stereocenters. The van der Waals surface area contributed by atoms with E-state index in [1.807, 2.05) is 24.3 Å². The van der Waals surface area contributed by atoms with Gasteiger partial charge in [-0.2, -0.15) is 0 Å². The fourth-order valence-corrected chi connectivity index (χ4v) is 2.11. The van der Waals surface area contributed by atoms with E-state index in [0.717, 1.165) is 37.2 Å². The molecule has 104 valence electrons. The third-order valence-corrected chi connectivity index (χ3v) is 3.18. The maximum absolute atomic E-state index is 6.03. The Bertz CT molecular complexity index is 434. The second-order valence-corrected chi connectivity index (χ2v) is 5.01. The van der Waals surface area contributed by atoms with Crippen molar-refractivity contribution in [3.8, 4) is 5.75 Å². The van der Waals surface area contributed by atoms with E-state index in [-0.39, 0.29) is 6.10 Å². The minimum Gasteiger partial charge on any atom is -0.497 e. The van der Waals surface area contributed by atoms with Gasteiger partial charge < -0.3 is 14.8 Å². The number of hydrogen-bond acceptors (Lipinski definition) is 3. The van der Waals surface area contributed by atoms with Crippen LogP contribution in [0.5, 0.6) is 5.75 Å². The van der Waals surface area contributed by atoms with E-state index < -0.39 is 0 Å². The largest absolute Gasteiger partial charge is 0.497 e. The van der Waals surface area contributed by atoms with Crippen LogP contribution < -0.4 is 10.1 Å². The van der Waals surface area contributed by atoms with Gasteiger partial charge in [0.1, 0.15) is 11.9 Å². The Morgan fingerprint density at radius 1 is 1.47 bits per heavy atom. The van der Waals surface area contributed by atoms with Crippen LogP contribution in [-0.2, 0) is 4.74 Å². The predicted octanol–water partition coefficient (Wildman–Crippen LogP) is 4.23. The maximum atomic E-state index is 6.03. The summed E-state index contributed by atoms with van der Waals surface area (Å²) < 4.78 is 11.2. The summed E-state index contributed by atoms with van der Waals surface area (Å²) in [5.41, 5.74) is 0.930. The molecule has 1 heterocycles. The van der Waals surface area contributed by atoms with E-state index in [1.54, 1.807) is 6.26 Å². The highest BCUT2D eigenvalue weighted by molar-refractivity contribution is 6.30. The number of rotatable bonds is 6. The number of halogens is 1. The molecule has 0 radical (unpaired) electrons. The first-order chi connectivity index (χ1) is 9.29. The van der Waals surface area contributed by atoms with Gasteiger partial charge in [-0.25, -0.2) is 0 Å². The number of anilines is 1. The predicted molar refractivity (Wildman–Crippen MR) is 79.0 cm³/mol. The Balaban J connectivity index is 1.96. The van der Waals surface area contributed by atoms with E-state index in [9.17, 15) is 0 Å². The van der Waals surface area contributed by atoms with Gasteiger partial charge in [0.25, 0.3) is 0 Å². The molecule has 0 aromatic heterocycles. The summed E-state index contributed by atoms with van der Waals surface area (Å²) in [6.07, 6.45) is 7.13. The van der Waals surface area contributed by atoms with Gasteiger partial charge in [-0.3, -0.25) is 0 Å². The molecule has 1 unspecified atom stereocenters. The smallest absolute Gasteiger partial charge is 0.142 e. The molecule has 0 saturated heterocycles. The Kier molecular flexibility index (Phi) is 5.40. The zero-order valence-electron chi connectivity index (χ0n) is 11.2. The van der Waals surface area contributed by atoms with Gasteiger partial charge in [0.2, 0.25) is 0 Å². The molecule has 0 saturated carbocycles. The summed E-state index contributed by atoms with van der Waals surface area (Å²) in [6.45, 7) is 3.55. The minimum absolute atomic E-state index is 0.211. The van der Waals surface area contributed by atoms with Crippen molar-refractivity contribution in [2.75, 3.05) is 18.5 Å². The molecule has 0 fully saturated rings. The monoisotopic (exact) mass is 281 g/mol. The summed E-state index contributed by atoms with van der Waals surface area (Å²) >= 11 is 6.03. The van der Waals surface area contributed by atoms with Gasteiger partial charge in [-0.1, -0.05) is 18.5 Å². The highest BCUT2D eigenvalue weighted by Gasteiger charge is 2.12. The van der Waals surface area contributed by atoms with Crippen LogP contribution in [0.3, 0.4) is 0 Å². The Labute approximate surface area is 119 Å². The van der Waals surface area contributed by atoms with Crippen LogP contribution in [0.2, 0.25) is 5.02 Å². The lowest BCUT2D eigenvalue weighted by atomic mass is 10.1. The summed E-state index contributed by atoms with van der Waals surface area (Å²) in [7, 11) is 0. The van der Waals surface area contributed by atoms with Crippen molar-refractivity contribution in [2.24, 2.45) is 0 Å². The van der Waals surface area contributed by atoms with Crippen molar-refractivity contribution in [3.05, 3.63) is 35.6 Å². The first-order valence-corrected chi connectivity index (χ1v) is 7.14. The topological polar surface area (TPSA) is 30.5 Å². The Hall–Kier alpha value is -1.35. The van der Waals surface area contributed by atoms with Crippen molar-refractivity contribution in [1.82, 2.24) is 0 Å². The molecule has 0 amide bonds. The maximum Gasteiger partial charge on any atom is 0.142 e. The normalized spacial score (nSPS) is 17.9. The molecule has 0 bridgehead atoms. The summed E-state index contributed by atoms with van der Waals surface area (Å²) in [5, 5.41) is 4.07. The molecule has 19 heavy (non-hydrogen) atoms. The highest BCUT2D eigenvalue weighted by Crippen LogP contribution is 2.28. The van der Waals surface area contributed by atoms with Crippen LogP contribution >= 0.6 is 11.6 Å². The van der Waals surface area contributed by atoms with Crippen molar-refractivity contribution in [1.29, 1.82) is 0 Å². The van der Waals surface area contributed by atoms with Gasteiger partial charge in [-0.15, -0.1) is 0 Å². The van der Waals surface area contributed by atoms with E-state index in [2.05, 4.69) is 12.2 Å². The van der Waals surface area contributed by atoms with E-state index in [0.29, 0.717) is 11.6 Å². The van der Waals surface area contributed by atoms with E-state index in [4.69, 9.17) is 21.1 Å². The Morgan fingerprint density at radius 2 is 2.37 bits per heavy atom. The molecule has 1 N–H and O–H groups in total. The highest BCUT2D eigenvalue weighted by atomic mass is 35.5. The quantitative estimate of drug-likeness (QED) is 0.846. The van der Waals surface area contributed by atoms with E-state index >= 15 is 0 Å². The van der Waals surface area contributed by atoms with Crippen molar-refractivity contribution < 1.29 is 9.47 Å². The second-order valence-electron chi connectivity index (χ2n) is 4.58. The van der Waals surface area contributed by atoms with Crippen molar-refractivity contribution in [3.63, 3.8) is 0 Å². The number of allylic oxidation sites excluding steroid dienone is 1. The molecule has 0 aliphatic carbocycles. The van der Waals surface area contributed by atoms with Crippen molar-refractivity contribution >= 4 is 17.3 Å². The Morgan fingerprint density at radius 3 is 3.11 bits per heavy atom. The molecule has 1 aliphatic rings. The van der Waals surface area contributed by atoms with Crippen LogP contribution in [-0.4, -0.2) is 19.3 Å². The average Bonchev–Trinajstić information content (AvgIpc) is 2.45. The first-order valence-electron chi connectivity index (χ1n) is 6.76. The van der Waals surface area contributed by atoms with E-state index in [1.165, 1.54) is 0 Å². The zero-order chi connectivity index (χ0) is 13.5. The van der Waals surface area contributed by atoms with Crippen LogP contribution in [0, 0.1) is 0 Å². The standard InChI is InChI=1S/C15H20ClNO2/c1-2-8-19-15-7-6-12(16)10-14(15)17-11-13-5-3-4-9-18-13/h4,6-7,9-10,13,17H,2-3,5,8,11H2,1H3. The fraction of sp³-hybridized carbons (Fsp3) is 0.467. The lowest BCUT2D eigenvalue weighted by Gasteiger charge is -2.21. The molecule has 1 aromatic rings. The first kappa shape index (κ1) is 14.1. The van der Waals surface area contributed by atoms with Crippen LogP contribution in [0.1, 0.15) is 26.2 Å². The van der Waals surface area contributed by atoms with Gasteiger partial charge in [0, 0.05) is 5.02 Å². The summed E-state index contributed by atoms with van der Waals surface area (Å²) in [4.78, 5) is 0. The van der Waals surface area contributed by atoms with Gasteiger partial charge >= 0.3 is 0 Å². The lowest BCUT2D eigenvalue weighted by Crippen LogP contribution is -2.23. The fourth-order valence-electron chi connectivity index (χ4n) is 1.94. The molecule has 0 spiro atoms. The SMILES string of the molecule is CCCOc1ccc(Cl)cc1NCC1CCC=CO1. The zero-order valence-corrected chi connectivity index (χ0v) is 12.0. The second kappa shape index (κ2) is 7.29. The number of nitrogens with one attached hydrogen (secondary N) is 1. The lowest BCUT2D eigenvalue weighted by molar-refractivity contribution is 0.135. The molecular weight excluding hydrogens is 262 g/mol. The van der Waals surface area contributed by atoms with Gasteiger partial charge in [0.15, 0.2) is 0 Å². The van der Waals surface area contributed by atoms with Crippen LogP contribution in [0.15, 0.2) is 30.5 Å². The molecular formula is C15H20ClNO2. The third-order valence-electron chi connectivity index (χ3n) is 2.95. The third kappa shape index (κ3) is 4.35. The molecule has 3 nitrogen and oxygen atoms in total.